The molecule has 0 saturated heterocycles. The van der Waals surface area contributed by atoms with Crippen LogP contribution >= 0.6 is 23.4 Å². The molecule has 1 aromatic rings. The number of thioether (sulfide) groups is 1. The number of benzene rings is 1. The van der Waals surface area contributed by atoms with E-state index in [0.29, 0.717) is 0 Å². The molecule has 1 rings (SSSR count). The van der Waals surface area contributed by atoms with Gasteiger partial charge >= 0.3 is 0 Å². The van der Waals surface area contributed by atoms with Gasteiger partial charge in [-0.05, 0) is 31.2 Å². The van der Waals surface area contributed by atoms with E-state index in [-0.39, 0.29) is 6.04 Å². The molecule has 0 aromatic heterocycles. The van der Waals surface area contributed by atoms with Crippen LogP contribution in [-0.2, 0) is 6.42 Å². The maximum absolute atomic E-state index is 6.30. The Labute approximate surface area is 114 Å². The SMILES string of the molecule is CSCCN(C)c1c(Cl)cccc1CC(C)N. The van der Waals surface area contributed by atoms with Gasteiger partial charge in [0.25, 0.3) is 0 Å². The van der Waals surface area contributed by atoms with Crippen molar-refractivity contribution < 1.29 is 0 Å². The van der Waals surface area contributed by atoms with E-state index in [2.05, 4.69) is 24.3 Å². The summed E-state index contributed by atoms with van der Waals surface area (Å²) in [6.45, 7) is 3.02. The van der Waals surface area contributed by atoms with Crippen LogP contribution in [-0.4, -0.2) is 31.6 Å². The topological polar surface area (TPSA) is 29.3 Å². The summed E-state index contributed by atoms with van der Waals surface area (Å²) in [5.74, 6) is 1.10. The molecule has 0 saturated carbocycles. The van der Waals surface area contributed by atoms with Crippen LogP contribution < -0.4 is 10.6 Å². The molecule has 1 unspecified atom stereocenters. The van der Waals surface area contributed by atoms with Crippen LogP contribution in [0.2, 0.25) is 5.02 Å². The zero-order valence-electron chi connectivity index (χ0n) is 10.7. The molecule has 0 aliphatic heterocycles. The minimum atomic E-state index is 0.154. The van der Waals surface area contributed by atoms with E-state index in [9.17, 15) is 0 Å². The first-order chi connectivity index (χ1) is 8.06. The van der Waals surface area contributed by atoms with Crippen LogP contribution in [0, 0.1) is 0 Å². The first-order valence-corrected chi connectivity index (χ1v) is 7.56. The van der Waals surface area contributed by atoms with Crippen molar-refractivity contribution in [3.05, 3.63) is 28.8 Å². The van der Waals surface area contributed by atoms with Crippen LogP contribution in [0.5, 0.6) is 0 Å². The molecule has 2 nitrogen and oxygen atoms in total. The lowest BCUT2D eigenvalue weighted by Crippen LogP contribution is -2.24. The van der Waals surface area contributed by atoms with Crippen LogP contribution in [0.3, 0.4) is 0 Å². The van der Waals surface area contributed by atoms with Gasteiger partial charge in [-0.25, -0.2) is 0 Å². The van der Waals surface area contributed by atoms with Gasteiger partial charge < -0.3 is 10.6 Å². The molecule has 0 radical (unpaired) electrons. The van der Waals surface area contributed by atoms with Crippen molar-refractivity contribution in [2.24, 2.45) is 5.73 Å². The molecule has 0 aliphatic carbocycles. The number of rotatable bonds is 6. The Bertz CT molecular complexity index is 355. The highest BCUT2D eigenvalue weighted by molar-refractivity contribution is 7.98. The fraction of sp³-hybridized carbons (Fsp3) is 0.538. The third-order valence-corrected chi connectivity index (χ3v) is 3.52. The normalized spacial score (nSPS) is 12.5. The minimum absolute atomic E-state index is 0.154. The van der Waals surface area contributed by atoms with Crippen LogP contribution in [0.4, 0.5) is 5.69 Å². The second-order valence-corrected chi connectivity index (χ2v) is 5.74. The van der Waals surface area contributed by atoms with Crippen molar-refractivity contribution >= 4 is 29.1 Å². The molecule has 0 amide bonds. The summed E-state index contributed by atoms with van der Waals surface area (Å²) in [5.41, 5.74) is 8.24. The fourth-order valence-corrected chi connectivity index (χ4v) is 2.63. The Hall–Kier alpha value is -0.380. The number of nitrogens with two attached hydrogens (primary N) is 1. The van der Waals surface area contributed by atoms with Crippen molar-refractivity contribution in [3.8, 4) is 0 Å². The molecule has 1 atom stereocenters. The highest BCUT2D eigenvalue weighted by Gasteiger charge is 2.12. The molecular formula is C13H21ClN2S. The average Bonchev–Trinajstić information content (AvgIpc) is 2.25. The summed E-state index contributed by atoms with van der Waals surface area (Å²) in [4.78, 5) is 2.22. The fourth-order valence-electron chi connectivity index (χ4n) is 1.84. The summed E-state index contributed by atoms with van der Waals surface area (Å²) < 4.78 is 0. The van der Waals surface area contributed by atoms with Crippen molar-refractivity contribution in [1.29, 1.82) is 0 Å². The van der Waals surface area contributed by atoms with Gasteiger partial charge in [-0.1, -0.05) is 23.7 Å². The molecule has 0 fully saturated rings. The summed E-state index contributed by atoms with van der Waals surface area (Å²) >= 11 is 8.14. The summed E-state index contributed by atoms with van der Waals surface area (Å²) in [6, 6.07) is 6.20. The smallest absolute Gasteiger partial charge is 0.0642 e. The molecule has 4 heteroatoms. The highest BCUT2D eigenvalue weighted by Crippen LogP contribution is 2.30. The summed E-state index contributed by atoms with van der Waals surface area (Å²) in [7, 11) is 2.09. The molecule has 17 heavy (non-hydrogen) atoms. The number of hydrogen-bond donors (Lipinski definition) is 1. The first kappa shape index (κ1) is 14.7. The van der Waals surface area contributed by atoms with Gasteiger partial charge in [0, 0.05) is 25.4 Å². The highest BCUT2D eigenvalue weighted by atomic mass is 35.5. The van der Waals surface area contributed by atoms with Crippen molar-refractivity contribution in [3.63, 3.8) is 0 Å². The molecule has 2 N–H and O–H groups in total. The number of hydrogen-bond acceptors (Lipinski definition) is 3. The Morgan fingerprint density at radius 3 is 2.76 bits per heavy atom. The third-order valence-electron chi connectivity index (χ3n) is 2.62. The maximum atomic E-state index is 6.30. The maximum Gasteiger partial charge on any atom is 0.0642 e. The Kier molecular flexibility index (Phi) is 6.17. The van der Waals surface area contributed by atoms with Crippen LogP contribution in [0.1, 0.15) is 12.5 Å². The van der Waals surface area contributed by atoms with E-state index >= 15 is 0 Å². The molecule has 1 aromatic carbocycles. The van der Waals surface area contributed by atoms with Gasteiger partial charge in [0.1, 0.15) is 0 Å². The first-order valence-electron chi connectivity index (χ1n) is 5.79. The second-order valence-electron chi connectivity index (χ2n) is 4.34. The van der Waals surface area contributed by atoms with Gasteiger partial charge in [0.2, 0.25) is 0 Å². The number of nitrogens with zero attached hydrogens (tertiary/aromatic N) is 1. The monoisotopic (exact) mass is 272 g/mol. The van der Waals surface area contributed by atoms with Gasteiger partial charge in [-0.3, -0.25) is 0 Å². The van der Waals surface area contributed by atoms with Crippen molar-refractivity contribution in [1.82, 2.24) is 0 Å². The molecule has 0 spiro atoms. The van der Waals surface area contributed by atoms with E-state index in [1.54, 1.807) is 0 Å². The molecule has 0 bridgehead atoms. The number of para-hydroxylation sites is 1. The lowest BCUT2D eigenvalue weighted by molar-refractivity contribution is 0.735. The van der Waals surface area contributed by atoms with Gasteiger partial charge in [-0.2, -0.15) is 11.8 Å². The van der Waals surface area contributed by atoms with Crippen LogP contribution in [0.15, 0.2) is 18.2 Å². The quantitative estimate of drug-likeness (QED) is 0.863. The number of anilines is 1. The number of halogens is 1. The Balaban J connectivity index is 2.93. The van der Waals surface area contributed by atoms with E-state index in [4.69, 9.17) is 17.3 Å². The third kappa shape index (κ3) is 4.41. The summed E-state index contributed by atoms with van der Waals surface area (Å²) in [6.07, 6.45) is 2.98. The lowest BCUT2D eigenvalue weighted by Gasteiger charge is -2.24. The zero-order valence-corrected chi connectivity index (χ0v) is 12.3. The Morgan fingerprint density at radius 1 is 1.47 bits per heavy atom. The average molecular weight is 273 g/mol. The molecule has 96 valence electrons. The van der Waals surface area contributed by atoms with Gasteiger partial charge in [0.05, 0.1) is 10.7 Å². The lowest BCUT2D eigenvalue weighted by atomic mass is 10.0. The molecule has 0 aliphatic rings. The van der Waals surface area contributed by atoms with E-state index in [0.717, 1.165) is 29.4 Å². The molecular weight excluding hydrogens is 252 g/mol. The van der Waals surface area contributed by atoms with Gasteiger partial charge in [0.15, 0.2) is 0 Å². The standard InChI is InChI=1S/C13H21ClN2S/c1-10(15)9-11-5-4-6-12(14)13(11)16(2)7-8-17-3/h4-6,10H,7-9,15H2,1-3H3. The van der Waals surface area contributed by atoms with Gasteiger partial charge in [-0.15, -0.1) is 0 Å². The Morgan fingerprint density at radius 2 is 2.18 bits per heavy atom. The predicted molar refractivity (Wildman–Crippen MR) is 80.5 cm³/mol. The van der Waals surface area contributed by atoms with E-state index < -0.39 is 0 Å². The molecule has 0 heterocycles. The summed E-state index contributed by atoms with van der Waals surface area (Å²) in [5, 5.41) is 0.812. The second kappa shape index (κ2) is 7.14. The van der Waals surface area contributed by atoms with Crippen molar-refractivity contribution in [2.75, 3.05) is 30.5 Å². The minimum Gasteiger partial charge on any atom is -0.372 e. The largest absolute Gasteiger partial charge is 0.372 e. The van der Waals surface area contributed by atoms with Crippen molar-refractivity contribution in [2.45, 2.75) is 19.4 Å². The predicted octanol–water partition coefficient (Wildman–Crippen LogP) is 3.03. The van der Waals surface area contributed by atoms with E-state index in [1.165, 1.54) is 5.56 Å². The zero-order chi connectivity index (χ0) is 12.8. The van der Waals surface area contributed by atoms with Crippen LogP contribution in [0.25, 0.3) is 0 Å². The van der Waals surface area contributed by atoms with E-state index in [1.807, 2.05) is 30.8 Å².